The molecule has 0 radical (unpaired) electrons. The van der Waals surface area contributed by atoms with Gasteiger partial charge in [0.1, 0.15) is 0 Å². The zero-order valence-electron chi connectivity index (χ0n) is 9.08. The minimum Gasteiger partial charge on any atom is -0.394 e. The molecule has 2 N–H and O–H groups in total. The van der Waals surface area contributed by atoms with Crippen molar-refractivity contribution in [1.29, 1.82) is 0 Å². The molecule has 3 heteroatoms. The van der Waals surface area contributed by atoms with E-state index in [0.29, 0.717) is 5.92 Å². The lowest BCUT2D eigenvalue weighted by Crippen LogP contribution is -2.49. The monoisotopic (exact) mass is 213 g/mol. The number of nitrogens with one attached hydrogen (secondary N) is 1. The Balaban J connectivity index is 2.50. The first-order chi connectivity index (χ1) is 6.58. The Morgan fingerprint density at radius 3 is 2.71 bits per heavy atom. The first-order valence-electron chi connectivity index (χ1n) is 4.97. The lowest BCUT2D eigenvalue weighted by Gasteiger charge is -2.32. The van der Waals surface area contributed by atoms with Crippen LogP contribution in [-0.2, 0) is 6.54 Å². The normalized spacial score (nSPS) is 15.8. The average molecular weight is 213 g/mol. The summed E-state index contributed by atoms with van der Waals surface area (Å²) in [5, 5.41) is 14.8. The number of thiophene rings is 1. The summed E-state index contributed by atoms with van der Waals surface area (Å²) >= 11 is 1.74. The maximum atomic E-state index is 9.33. The lowest BCUT2D eigenvalue weighted by molar-refractivity contribution is 0.132. The van der Waals surface area contributed by atoms with Crippen LogP contribution in [0.5, 0.6) is 0 Å². The van der Waals surface area contributed by atoms with Crippen molar-refractivity contribution >= 4 is 11.3 Å². The number of hydrogen-bond acceptors (Lipinski definition) is 3. The standard InChI is InChI=1S/C11H19NOS/c1-9(2)11(3,8-13)12-7-10-5-4-6-14-10/h4-6,9,12-13H,7-8H2,1-3H3. The summed E-state index contributed by atoms with van der Waals surface area (Å²) in [6.07, 6.45) is 0. The van der Waals surface area contributed by atoms with Gasteiger partial charge in [0.15, 0.2) is 0 Å². The average Bonchev–Trinajstić information content (AvgIpc) is 2.66. The van der Waals surface area contributed by atoms with Crippen LogP contribution < -0.4 is 5.32 Å². The van der Waals surface area contributed by atoms with Gasteiger partial charge in [0.2, 0.25) is 0 Å². The molecular weight excluding hydrogens is 194 g/mol. The molecule has 1 rings (SSSR count). The van der Waals surface area contributed by atoms with Crippen molar-refractivity contribution in [1.82, 2.24) is 5.32 Å². The molecule has 1 unspecified atom stereocenters. The molecule has 14 heavy (non-hydrogen) atoms. The Labute approximate surface area is 90.0 Å². The summed E-state index contributed by atoms with van der Waals surface area (Å²) in [6.45, 7) is 7.32. The van der Waals surface area contributed by atoms with Gasteiger partial charge in [-0.25, -0.2) is 0 Å². The second-order valence-corrected chi connectivity index (χ2v) is 5.20. The molecular formula is C11H19NOS. The van der Waals surface area contributed by atoms with E-state index >= 15 is 0 Å². The maximum absolute atomic E-state index is 9.33. The topological polar surface area (TPSA) is 32.3 Å². The van der Waals surface area contributed by atoms with Crippen LogP contribution in [0.4, 0.5) is 0 Å². The van der Waals surface area contributed by atoms with Gasteiger partial charge in [-0.3, -0.25) is 0 Å². The molecule has 1 aromatic heterocycles. The molecule has 1 heterocycles. The highest BCUT2D eigenvalue weighted by molar-refractivity contribution is 7.09. The van der Waals surface area contributed by atoms with E-state index in [1.54, 1.807) is 11.3 Å². The molecule has 1 atom stereocenters. The Hall–Kier alpha value is -0.380. The minimum atomic E-state index is -0.177. The third-order valence-electron chi connectivity index (χ3n) is 2.85. The second kappa shape index (κ2) is 4.91. The highest BCUT2D eigenvalue weighted by Crippen LogP contribution is 2.17. The highest BCUT2D eigenvalue weighted by atomic mass is 32.1. The van der Waals surface area contributed by atoms with Gasteiger partial charge in [-0.2, -0.15) is 0 Å². The van der Waals surface area contributed by atoms with Crippen molar-refractivity contribution in [3.63, 3.8) is 0 Å². The van der Waals surface area contributed by atoms with Crippen molar-refractivity contribution in [2.45, 2.75) is 32.9 Å². The lowest BCUT2D eigenvalue weighted by atomic mass is 9.89. The van der Waals surface area contributed by atoms with E-state index < -0.39 is 0 Å². The van der Waals surface area contributed by atoms with E-state index in [-0.39, 0.29) is 12.1 Å². The Morgan fingerprint density at radius 1 is 1.57 bits per heavy atom. The molecule has 0 saturated heterocycles. The molecule has 1 aromatic rings. The van der Waals surface area contributed by atoms with Crippen molar-refractivity contribution < 1.29 is 5.11 Å². The van der Waals surface area contributed by atoms with Gasteiger partial charge in [0.05, 0.1) is 6.61 Å². The molecule has 0 aliphatic heterocycles. The van der Waals surface area contributed by atoms with Gasteiger partial charge in [-0.15, -0.1) is 11.3 Å². The van der Waals surface area contributed by atoms with Crippen LogP contribution in [0.2, 0.25) is 0 Å². The fraction of sp³-hybridized carbons (Fsp3) is 0.636. The maximum Gasteiger partial charge on any atom is 0.0613 e. The second-order valence-electron chi connectivity index (χ2n) is 4.16. The fourth-order valence-corrected chi connectivity index (χ4v) is 1.79. The third kappa shape index (κ3) is 2.80. The van der Waals surface area contributed by atoms with E-state index in [4.69, 9.17) is 0 Å². The van der Waals surface area contributed by atoms with Crippen molar-refractivity contribution in [2.24, 2.45) is 5.92 Å². The smallest absolute Gasteiger partial charge is 0.0613 e. The number of aliphatic hydroxyl groups is 1. The number of aliphatic hydroxyl groups excluding tert-OH is 1. The van der Waals surface area contributed by atoms with Gasteiger partial charge < -0.3 is 10.4 Å². The summed E-state index contributed by atoms with van der Waals surface area (Å²) in [5.41, 5.74) is -0.177. The van der Waals surface area contributed by atoms with Crippen molar-refractivity contribution in [2.75, 3.05) is 6.61 Å². The minimum absolute atomic E-state index is 0.177. The third-order valence-corrected chi connectivity index (χ3v) is 3.73. The van der Waals surface area contributed by atoms with E-state index in [9.17, 15) is 5.11 Å². The quantitative estimate of drug-likeness (QED) is 0.786. The molecule has 0 bridgehead atoms. The Kier molecular flexibility index (Phi) is 4.11. The van der Waals surface area contributed by atoms with Gasteiger partial charge in [0.25, 0.3) is 0 Å². The summed E-state index contributed by atoms with van der Waals surface area (Å²) in [7, 11) is 0. The molecule has 0 saturated carbocycles. The van der Waals surface area contributed by atoms with E-state index in [0.717, 1.165) is 6.54 Å². The van der Waals surface area contributed by atoms with Crippen LogP contribution >= 0.6 is 11.3 Å². The van der Waals surface area contributed by atoms with Crippen molar-refractivity contribution in [3.8, 4) is 0 Å². The number of hydrogen-bond donors (Lipinski definition) is 2. The van der Waals surface area contributed by atoms with Crippen LogP contribution in [0.1, 0.15) is 25.6 Å². The van der Waals surface area contributed by atoms with Gasteiger partial charge in [-0.05, 0) is 24.3 Å². The molecule has 0 spiro atoms. The van der Waals surface area contributed by atoms with Crippen LogP contribution in [0.25, 0.3) is 0 Å². The van der Waals surface area contributed by atoms with Crippen LogP contribution in [0.3, 0.4) is 0 Å². The first-order valence-corrected chi connectivity index (χ1v) is 5.85. The molecule has 0 aliphatic rings. The van der Waals surface area contributed by atoms with E-state index in [2.05, 4.69) is 37.5 Å². The number of rotatable bonds is 5. The molecule has 2 nitrogen and oxygen atoms in total. The zero-order valence-corrected chi connectivity index (χ0v) is 9.90. The van der Waals surface area contributed by atoms with Gasteiger partial charge in [-0.1, -0.05) is 19.9 Å². The molecule has 0 aliphatic carbocycles. The summed E-state index contributed by atoms with van der Waals surface area (Å²) in [5.74, 6) is 0.424. The van der Waals surface area contributed by atoms with E-state index in [1.165, 1.54) is 4.88 Å². The Bertz CT molecular complexity index is 258. The van der Waals surface area contributed by atoms with Crippen LogP contribution in [0.15, 0.2) is 17.5 Å². The zero-order chi connectivity index (χ0) is 10.6. The molecule has 80 valence electrons. The SMILES string of the molecule is CC(C)C(C)(CO)NCc1cccs1. The Morgan fingerprint density at radius 2 is 2.29 bits per heavy atom. The largest absolute Gasteiger partial charge is 0.394 e. The summed E-state index contributed by atoms with van der Waals surface area (Å²) in [6, 6.07) is 4.16. The predicted molar refractivity (Wildman–Crippen MR) is 61.5 cm³/mol. The molecule has 0 amide bonds. The molecule has 0 aromatic carbocycles. The summed E-state index contributed by atoms with van der Waals surface area (Å²) < 4.78 is 0. The summed E-state index contributed by atoms with van der Waals surface area (Å²) in [4.78, 5) is 1.31. The van der Waals surface area contributed by atoms with Gasteiger partial charge >= 0.3 is 0 Å². The first kappa shape index (κ1) is 11.7. The van der Waals surface area contributed by atoms with Crippen molar-refractivity contribution in [3.05, 3.63) is 22.4 Å². The van der Waals surface area contributed by atoms with Gasteiger partial charge in [0, 0.05) is 17.0 Å². The van der Waals surface area contributed by atoms with Crippen LogP contribution in [0, 0.1) is 5.92 Å². The highest BCUT2D eigenvalue weighted by Gasteiger charge is 2.26. The van der Waals surface area contributed by atoms with Crippen LogP contribution in [-0.4, -0.2) is 17.3 Å². The molecule has 0 fully saturated rings. The van der Waals surface area contributed by atoms with E-state index in [1.807, 2.05) is 6.07 Å². The predicted octanol–water partition coefficient (Wildman–Crippen LogP) is 2.24. The fourth-order valence-electron chi connectivity index (χ4n) is 1.14.